The van der Waals surface area contributed by atoms with E-state index in [0.29, 0.717) is 0 Å². The zero-order chi connectivity index (χ0) is 9.26. The monoisotopic (exact) mass is 193 g/mol. The van der Waals surface area contributed by atoms with Gasteiger partial charge in [0.2, 0.25) is 0 Å². The molecule has 0 aliphatic carbocycles. The summed E-state index contributed by atoms with van der Waals surface area (Å²) < 4.78 is 12.8. The summed E-state index contributed by atoms with van der Waals surface area (Å²) >= 11 is 1.56. The van der Waals surface area contributed by atoms with Crippen LogP contribution in [-0.4, -0.2) is 4.98 Å². The minimum atomic E-state index is -0.196. The first-order chi connectivity index (χ1) is 6.27. The highest BCUT2D eigenvalue weighted by atomic mass is 32.1. The Morgan fingerprint density at radius 3 is 2.85 bits per heavy atom. The van der Waals surface area contributed by atoms with Gasteiger partial charge in [0.05, 0.1) is 0 Å². The Hall–Kier alpha value is -1.22. The summed E-state index contributed by atoms with van der Waals surface area (Å²) in [5.41, 5.74) is 1.94. The van der Waals surface area contributed by atoms with Crippen molar-refractivity contribution < 1.29 is 4.39 Å². The molecule has 1 aromatic carbocycles. The summed E-state index contributed by atoms with van der Waals surface area (Å²) in [6.07, 6.45) is 1.75. The fraction of sp³-hybridized carbons (Fsp3) is 0.100. The molecule has 0 spiro atoms. The van der Waals surface area contributed by atoms with Crippen molar-refractivity contribution in [2.75, 3.05) is 0 Å². The van der Waals surface area contributed by atoms with Crippen LogP contribution in [0.3, 0.4) is 0 Å². The van der Waals surface area contributed by atoms with Gasteiger partial charge in [-0.25, -0.2) is 9.37 Å². The topological polar surface area (TPSA) is 12.9 Å². The molecule has 1 aromatic heterocycles. The van der Waals surface area contributed by atoms with Crippen molar-refractivity contribution in [3.63, 3.8) is 0 Å². The first-order valence-corrected chi connectivity index (χ1v) is 4.81. The third-order valence-corrected chi connectivity index (χ3v) is 2.66. The molecule has 0 aliphatic heterocycles. The lowest BCUT2D eigenvalue weighted by molar-refractivity contribution is 0.627. The van der Waals surface area contributed by atoms with E-state index in [0.717, 1.165) is 16.1 Å². The number of aryl methyl sites for hydroxylation is 1. The summed E-state index contributed by atoms with van der Waals surface area (Å²) in [5, 5.41) is 2.86. The van der Waals surface area contributed by atoms with Crippen LogP contribution >= 0.6 is 11.3 Å². The van der Waals surface area contributed by atoms with Crippen LogP contribution in [0.1, 0.15) is 5.56 Å². The van der Waals surface area contributed by atoms with Crippen molar-refractivity contribution >= 4 is 11.3 Å². The van der Waals surface area contributed by atoms with Crippen molar-refractivity contribution in [3.05, 3.63) is 41.2 Å². The molecule has 0 amide bonds. The first-order valence-electron chi connectivity index (χ1n) is 3.93. The zero-order valence-corrected chi connectivity index (χ0v) is 7.94. The number of thiazole rings is 1. The molecule has 0 N–H and O–H groups in total. The molecule has 1 nitrogen and oxygen atoms in total. The van der Waals surface area contributed by atoms with Gasteiger partial charge in [-0.2, -0.15) is 0 Å². The quantitative estimate of drug-likeness (QED) is 0.677. The summed E-state index contributed by atoms with van der Waals surface area (Å²) in [7, 11) is 0. The highest BCUT2D eigenvalue weighted by Gasteiger charge is 2.04. The molecule has 3 heteroatoms. The van der Waals surface area contributed by atoms with E-state index in [4.69, 9.17) is 0 Å². The molecule has 1 heterocycles. The highest BCUT2D eigenvalue weighted by Crippen LogP contribution is 2.25. The standard InChI is InChI=1S/C10H8FNS/c1-7-6-8(11)2-3-9(7)10-12-4-5-13-10/h2-6H,1H3. The second kappa shape index (κ2) is 3.26. The predicted octanol–water partition coefficient (Wildman–Crippen LogP) is 3.26. The Morgan fingerprint density at radius 2 is 2.23 bits per heavy atom. The van der Waals surface area contributed by atoms with E-state index < -0.39 is 0 Å². The summed E-state index contributed by atoms with van der Waals surface area (Å²) in [4.78, 5) is 4.17. The number of halogens is 1. The van der Waals surface area contributed by atoms with Gasteiger partial charge < -0.3 is 0 Å². The van der Waals surface area contributed by atoms with Crippen molar-refractivity contribution in [3.8, 4) is 10.6 Å². The van der Waals surface area contributed by atoms with Gasteiger partial charge in [0.15, 0.2) is 0 Å². The Bertz CT molecular complexity index is 409. The van der Waals surface area contributed by atoms with Gasteiger partial charge in [-0.05, 0) is 30.7 Å². The third-order valence-electron chi connectivity index (χ3n) is 1.85. The smallest absolute Gasteiger partial charge is 0.123 e. The largest absolute Gasteiger partial charge is 0.245 e. The molecule has 0 saturated carbocycles. The van der Waals surface area contributed by atoms with E-state index in [1.54, 1.807) is 23.6 Å². The lowest BCUT2D eigenvalue weighted by Crippen LogP contribution is -1.83. The molecular formula is C10H8FNS. The Kier molecular flexibility index (Phi) is 2.10. The predicted molar refractivity (Wildman–Crippen MR) is 52.2 cm³/mol. The maximum Gasteiger partial charge on any atom is 0.123 e. The number of hydrogen-bond donors (Lipinski definition) is 0. The molecule has 0 aliphatic rings. The molecule has 0 radical (unpaired) electrons. The van der Waals surface area contributed by atoms with Crippen LogP contribution in [0.4, 0.5) is 4.39 Å². The van der Waals surface area contributed by atoms with Gasteiger partial charge >= 0.3 is 0 Å². The van der Waals surface area contributed by atoms with Crippen molar-refractivity contribution in [1.82, 2.24) is 4.98 Å². The number of benzene rings is 1. The van der Waals surface area contributed by atoms with Crippen LogP contribution in [0.25, 0.3) is 10.6 Å². The molecule has 0 bridgehead atoms. The highest BCUT2D eigenvalue weighted by molar-refractivity contribution is 7.13. The lowest BCUT2D eigenvalue weighted by atomic mass is 10.1. The van der Waals surface area contributed by atoms with Crippen LogP contribution in [0, 0.1) is 12.7 Å². The van der Waals surface area contributed by atoms with Crippen LogP contribution in [0.15, 0.2) is 29.8 Å². The minimum absolute atomic E-state index is 0.196. The number of nitrogens with zero attached hydrogens (tertiary/aromatic N) is 1. The van der Waals surface area contributed by atoms with E-state index in [2.05, 4.69) is 4.98 Å². The zero-order valence-electron chi connectivity index (χ0n) is 7.12. The molecule has 2 aromatic rings. The average Bonchev–Trinajstić information content (AvgIpc) is 2.56. The SMILES string of the molecule is Cc1cc(F)ccc1-c1nccs1. The number of aromatic nitrogens is 1. The maximum atomic E-state index is 12.8. The van der Waals surface area contributed by atoms with E-state index in [1.165, 1.54) is 12.1 Å². The van der Waals surface area contributed by atoms with Crippen LogP contribution in [0.5, 0.6) is 0 Å². The fourth-order valence-corrected chi connectivity index (χ4v) is 1.95. The van der Waals surface area contributed by atoms with E-state index in [9.17, 15) is 4.39 Å². The van der Waals surface area contributed by atoms with Crippen molar-refractivity contribution in [2.24, 2.45) is 0 Å². The summed E-state index contributed by atoms with van der Waals surface area (Å²) in [6.45, 7) is 1.89. The molecule has 66 valence electrons. The molecule has 0 atom stereocenters. The molecule has 0 fully saturated rings. The van der Waals surface area contributed by atoms with Gasteiger partial charge in [-0.15, -0.1) is 11.3 Å². The van der Waals surface area contributed by atoms with Gasteiger partial charge in [0.25, 0.3) is 0 Å². The molecule has 0 unspecified atom stereocenters. The molecule has 0 saturated heterocycles. The normalized spacial score (nSPS) is 10.3. The minimum Gasteiger partial charge on any atom is -0.245 e. The summed E-state index contributed by atoms with van der Waals surface area (Å²) in [6, 6.07) is 4.75. The number of rotatable bonds is 1. The Labute approximate surface area is 79.9 Å². The Morgan fingerprint density at radius 1 is 1.38 bits per heavy atom. The maximum absolute atomic E-state index is 12.8. The molecule has 13 heavy (non-hydrogen) atoms. The molecular weight excluding hydrogens is 185 g/mol. The van der Waals surface area contributed by atoms with Crippen LogP contribution < -0.4 is 0 Å². The lowest BCUT2D eigenvalue weighted by Gasteiger charge is -2.00. The second-order valence-electron chi connectivity index (χ2n) is 2.80. The van der Waals surface area contributed by atoms with Crippen LogP contribution in [-0.2, 0) is 0 Å². The van der Waals surface area contributed by atoms with Gasteiger partial charge in [-0.1, -0.05) is 0 Å². The summed E-state index contributed by atoms with van der Waals surface area (Å²) in [5.74, 6) is -0.196. The Balaban J connectivity index is 2.53. The van der Waals surface area contributed by atoms with Crippen molar-refractivity contribution in [1.29, 1.82) is 0 Å². The van der Waals surface area contributed by atoms with Gasteiger partial charge in [0, 0.05) is 17.1 Å². The van der Waals surface area contributed by atoms with E-state index in [1.807, 2.05) is 12.3 Å². The van der Waals surface area contributed by atoms with Crippen molar-refractivity contribution in [2.45, 2.75) is 6.92 Å². The van der Waals surface area contributed by atoms with Crippen LogP contribution in [0.2, 0.25) is 0 Å². The average molecular weight is 193 g/mol. The third kappa shape index (κ3) is 1.60. The number of hydrogen-bond acceptors (Lipinski definition) is 2. The second-order valence-corrected chi connectivity index (χ2v) is 3.69. The first kappa shape index (κ1) is 8.38. The van der Waals surface area contributed by atoms with E-state index >= 15 is 0 Å². The van der Waals surface area contributed by atoms with E-state index in [-0.39, 0.29) is 5.82 Å². The molecule has 2 rings (SSSR count). The van der Waals surface area contributed by atoms with Gasteiger partial charge in [-0.3, -0.25) is 0 Å². The fourth-order valence-electron chi connectivity index (χ4n) is 1.22. The van der Waals surface area contributed by atoms with Gasteiger partial charge in [0.1, 0.15) is 10.8 Å².